The van der Waals surface area contributed by atoms with Crippen LogP contribution in [0, 0.1) is 0 Å². The van der Waals surface area contributed by atoms with Crippen molar-refractivity contribution in [3.8, 4) is 5.75 Å². The summed E-state index contributed by atoms with van der Waals surface area (Å²) in [4.78, 5) is 29.3. The molecule has 8 heteroatoms. The molecule has 0 unspecified atom stereocenters. The van der Waals surface area contributed by atoms with E-state index in [0.717, 1.165) is 29.5 Å². The number of nitrogens with one attached hydrogen (secondary N) is 1. The highest BCUT2D eigenvalue weighted by Crippen LogP contribution is 2.28. The number of para-hydroxylation sites is 2. The van der Waals surface area contributed by atoms with Gasteiger partial charge in [-0.15, -0.1) is 12.4 Å². The van der Waals surface area contributed by atoms with Gasteiger partial charge in [-0.1, -0.05) is 36.4 Å². The van der Waals surface area contributed by atoms with Crippen molar-refractivity contribution >= 4 is 35.2 Å². The number of hydrogen-bond acceptors (Lipinski definition) is 5. The maximum absolute atomic E-state index is 13.4. The standard InChI is InChI=1S/C25H27N3O4.ClH/c29-23(26-18-10-11-18)16-27-12-14-28(15-13-27)25(30)24-21(17-31-19-6-2-1-3-7-19)20-8-4-5-9-22(20)32-24;/h1-9,18H,10-17H2,(H,26,29);1H. The van der Waals surface area contributed by atoms with E-state index in [9.17, 15) is 9.59 Å². The van der Waals surface area contributed by atoms with E-state index in [1.165, 1.54) is 0 Å². The summed E-state index contributed by atoms with van der Waals surface area (Å²) in [5.41, 5.74) is 1.44. The van der Waals surface area contributed by atoms with Crippen LogP contribution in [0.4, 0.5) is 0 Å². The van der Waals surface area contributed by atoms with Gasteiger partial charge in [0.25, 0.3) is 5.91 Å². The summed E-state index contributed by atoms with van der Waals surface area (Å²) in [5, 5.41) is 3.91. The molecule has 2 amide bonds. The van der Waals surface area contributed by atoms with Crippen molar-refractivity contribution in [2.24, 2.45) is 0 Å². The fraction of sp³-hybridized carbons (Fsp3) is 0.360. The Morgan fingerprint density at radius 3 is 2.39 bits per heavy atom. The van der Waals surface area contributed by atoms with E-state index < -0.39 is 0 Å². The molecule has 2 aliphatic rings. The molecule has 1 aliphatic carbocycles. The third kappa shape index (κ3) is 5.49. The molecule has 33 heavy (non-hydrogen) atoms. The van der Waals surface area contributed by atoms with Crippen LogP contribution in [-0.2, 0) is 11.4 Å². The summed E-state index contributed by atoms with van der Waals surface area (Å²) in [5.74, 6) is 1.02. The first-order valence-corrected chi connectivity index (χ1v) is 11.2. The molecule has 5 rings (SSSR count). The van der Waals surface area contributed by atoms with Crippen molar-refractivity contribution < 1.29 is 18.7 Å². The highest BCUT2D eigenvalue weighted by molar-refractivity contribution is 5.99. The third-order valence-electron chi connectivity index (χ3n) is 5.99. The number of halogens is 1. The summed E-state index contributed by atoms with van der Waals surface area (Å²) >= 11 is 0. The molecule has 1 saturated carbocycles. The molecule has 0 bridgehead atoms. The van der Waals surface area contributed by atoms with Gasteiger partial charge in [0.2, 0.25) is 5.91 Å². The topological polar surface area (TPSA) is 75.0 Å². The van der Waals surface area contributed by atoms with E-state index in [1.807, 2.05) is 54.6 Å². The van der Waals surface area contributed by atoms with Crippen LogP contribution in [0.3, 0.4) is 0 Å². The SMILES string of the molecule is Cl.O=C(CN1CCN(C(=O)c2oc3ccccc3c2COc2ccccc2)CC1)NC1CC1. The molecular weight excluding hydrogens is 442 g/mol. The Balaban J connectivity index is 0.00000259. The van der Waals surface area contributed by atoms with Crippen LogP contribution in [0.25, 0.3) is 11.0 Å². The second kappa shape index (κ2) is 10.3. The van der Waals surface area contributed by atoms with Crippen molar-refractivity contribution in [1.29, 1.82) is 0 Å². The Morgan fingerprint density at radius 1 is 0.970 bits per heavy atom. The summed E-state index contributed by atoms with van der Waals surface area (Å²) < 4.78 is 11.9. The van der Waals surface area contributed by atoms with Crippen LogP contribution in [0.5, 0.6) is 5.75 Å². The van der Waals surface area contributed by atoms with Crippen molar-refractivity contribution in [2.45, 2.75) is 25.5 Å². The molecule has 1 N–H and O–H groups in total. The van der Waals surface area contributed by atoms with Gasteiger partial charge in [0, 0.05) is 43.2 Å². The molecule has 0 atom stereocenters. The van der Waals surface area contributed by atoms with Crippen molar-refractivity contribution in [3.63, 3.8) is 0 Å². The second-order valence-corrected chi connectivity index (χ2v) is 8.42. The summed E-state index contributed by atoms with van der Waals surface area (Å²) in [6, 6.07) is 17.6. The van der Waals surface area contributed by atoms with Gasteiger partial charge < -0.3 is 19.4 Å². The number of benzene rings is 2. The third-order valence-corrected chi connectivity index (χ3v) is 5.99. The quantitative estimate of drug-likeness (QED) is 0.573. The average Bonchev–Trinajstić information content (AvgIpc) is 3.56. The molecule has 2 heterocycles. The molecule has 2 aromatic carbocycles. The minimum atomic E-state index is -0.130. The second-order valence-electron chi connectivity index (χ2n) is 8.42. The summed E-state index contributed by atoms with van der Waals surface area (Å²) in [6.07, 6.45) is 2.17. The molecule has 0 radical (unpaired) electrons. The van der Waals surface area contributed by atoms with Gasteiger partial charge in [0.05, 0.1) is 6.54 Å². The van der Waals surface area contributed by atoms with Crippen molar-refractivity contribution in [1.82, 2.24) is 15.1 Å². The van der Waals surface area contributed by atoms with Gasteiger partial charge in [0.15, 0.2) is 5.76 Å². The smallest absolute Gasteiger partial charge is 0.290 e. The Labute approximate surface area is 199 Å². The van der Waals surface area contributed by atoms with Crippen LogP contribution in [0.15, 0.2) is 59.0 Å². The van der Waals surface area contributed by atoms with E-state index in [1.54, 1.807) is 4.90 Å². The zero-order chi connectivity index (χ0) is 21.9. The zero-order valence-corrected chi connectivity index (χ0v) is 19.2. The monoisotopic (exact) mass is 469 g/mol. The molecule has 7 nitrogen and oxygen atoms in total. The van der Waals surface area contributed by atoms with Crippen LogP contribution in [-0.4, -0.2) is 60.4 Å². The maximum atomic E-state index is 13.4. The molecule has 174 valence electrons. The largest absolute Gasteiger partial charge is 0.489 e. The number of furan rings is 1. The lowest BCUT2D eigenvalue weighted by Crippen LogP contribution is -2.51. The van der Waals surface area contributed by atoms with Gasteiger partial charge >= 0.3 is 0 Å². The van der Waals surface area contributed by atoms with Gasteiger partial charge in [-0.05, 0) is 31.0 Å². The van der Waals surface area contributed by atoms with Crippen molar-refractivity contribution in [2.75, 3.05) is 32.7 Å². The van der Waals surface area contributed by atoms with Crippen molar-refractivity contribution in [3.05, 3.63) is 65.9 Å². The van der Waals surface area contributed by atoms with Crippen LogP contribution in [0.2, 0.25) is 0 Å². The number of piperazine rings is 1. The number of carbonyl (C=O) groups is 2. The van der Waals surface area contributed by atoms with E-state index in [4.69, 9.17) is 9.15 Å². The molecular formula is C25H28ClN3O4. The van der Waals surface area contributed by atoms with E-state index in [2.05, 4.69) is 10.2 Å². The fourth-order valence-electron chi connectivity index (χ4n) is 4.04. The molecule has 3 aromatic rings. The minimum Gasteiger partial charge on any atom is -0.489 e. The molecule has 1 aliphatic heterocycles. The minimum absolute atomic E-state index is 0. The Kier molecular flexibility index (Phi) is 7.20. The normalized spacial score (nSPS) is 16.3. The summed E-state index contributed by atoms with van der Waals surface area (Å²) in [7, 11) is 0. The summed E-state index contributed by atoms with van der Waals surface area (Å²) in [6.45, 7) is 3.10. The lowest BCUT2D eigenvalue weighted by molar-refractivity contribution is -0.122. The van der Waals surface area contributed by atoms with Crippen LogP contribution >= 0.6 is 12.4 Å². The number of amides is 2. The number of nitrogens with zero attached hydrogens (tertiary/aromatic N) is 2. The highest BCUT2D eigenvalue weighted by atomic mass is 35.5. The molecule has 2 fully saturated rings. The predicted octanol–water partition coefficient (Wildman–Crippen LogP) is 3.47. The lowest BCUT2D eigenvalue weighted by atomic mass is 10.1. The molecule has 0 spiro atoms. The number of rotatable bonds is 7. The Hall–Kier alpha value is -3.03. The average molecular weight is 470 g/mol. The first-order chi connectivity index (χ1) is 15.7. The molecule has 1 saturated heterocycles. The lowest BCUT2D eigenvalue weighted by Gasteiger charge is -2.34. The molecule has 1 aromatic heterocycles. The van der Waals surface area contributed by atoms with E-state index >= 15 is 0 Å². The first-order valence-electron chi connectivity index (χ1n) is 11.2. The van der Waals surface area contributed by atoms with Crippen LogP contribution in [0.1, 0.15) is 29.0 Å². The van der Waals surface area contributed by atoms with Gasteiger partial charge in [-0.2, -0.15) is 0 Å². The Morgan fingerprint density at radius 2 is 1.67 bits per heavy atom. The maximum Gasteiger partial charge on any atom is 0.290 e. The van der Waals surface area contributed by atoms with Crippen LogP contribution < -0.4 is 10.1 Å². The zero-order valence-electron chi connectivity index (χ0n) is 18.4. The van der Waals surface area contributed by atoms with Gasteiger partial charge in [-0.3, -0.25) is 14.5 Å². The number of fused-ring (bicyclic) bond motifs is 1. The van der Waals surface area contributed by atoms with Gasteiger partial charge in [-0.25, -0.2) is 0 Å². The van der Waals surface area contributed by atoms with E-state index in [0.29, 0.717) is 50.1 Å². The first kappa shape index (κ1) is 23.1. The fourth-order valence-corrected chi connectivity index (χ4v) is 4.04. The van der Waals surface area contributed by atoms with Gasteiger partial charge in [0.1, 0.15) is 17.9 Å². The number of carbonyl (C=O) groups excluding carboxylic acids is 2. The number of ether oxygens (including phenoxy) is 1. The predicted molar refractivity (Wildman–Crippen MR) is 128 cm³/mol. The Bertz CT molecular complexity index is 1110. The highest BCUT2D eigenvalue weighted by Gasteiger charge is 2.29. The number of hydrogen-bond donors (Lipinski definition) is 1. The van der Waals surface area contributed by atoms with E-state index in [-0.39, 0.29) is 30.8 Å².